The number of hydrogen-bond acceptors (Lipinski definition) is 2. The first-order chi connectivity index (χ1) is 33.7. The summed E-state index contributed by atoms with van der Waals surface area (Å²) in [5, 5.41) is 15.8. The van der Waals surface area contributed by atoms with E-state index in [1.54, 1.807) is 0 Å². The highest BCUT2D eigenvalue weighted by atomic mass is 15.4. The molecule has 0 amide bonds. The van der Waals surface area contributed by atoms with Crippen LogP contribution in [0, 0.1) is 0 Å². The average molecular weight is 876 g/mol. The van der Waals surface area contributed by atoms with Crippen molar-refractivity contribution in [2.45, 2.75) is 12.3 Å². The average Bonchev–Trinajstić information content (AvgIpc) is 3.91. The maximum atomic E-state index is 4.14. The van der Waals surface area contributed by atoms with Gasteiger partial charge in [-0.2, -0.15) is 0 Å². The molecule has 12 rings (SSSR count). The number of hydrogen-bond donors (Lipinski definition) is 4. The van der Waals surface area contributed by atoms with Crippen molar-refractivity contribution >= 4 is 33.1 Å². The minimum atomic E-state index is -0.393. The van der Waals surface area contributed by atoms with Crippen LogP contribution in [0.2, 0.25) is 0 Å². The lowest BCUT2D eigenvalue weighted by Gasteiger charge is -2.34. The summed E-state index contributed by atoms with van der Waals surface area (Å²) in [7, 11) is 0. The maximum Gasteiger partial charge on any atom is 0.174 e. The van der Waals surface area contributed by atoms with Gasteiger partial charge in [-0.1, -0.05) is 206 Å². The van der Waals surface area contributed by atoms with E-state index in [0.29, 0.717) is 0 Å². The summed E-state index contributed by atoms with van der Waals surface area (Å²) in [6.07, 6.45) is 10.0. The zero-order valence-electron chi connectivity index (χ0n) is 37.7. The molecule has 1 aliphatic rings. The third-order valence-electron chi connectivity index (χ3n) is 13.0. The molecule has 2 aromatic heterocycles. The van der Waals surface area contributed by atoms with Crippen LogP contribution in [0.15, 0.2) is 255 Å². The molecule has 0 radical (unpaired) electrons. The fraction of sp³-hybridized carbons (Fsp3) is 0.0317. The van der Waals surface area contributed by atoms with Crippen LogP contribution >= 0.6 is 0 Å². The second-order valence-corrected chi connectivity index (χ2v) is 17.0. The summed E-state index contributed by atoms with van der Waals surface area (Å²) < 4.78 is 0. The Bertz CT molecular complexity index is 3530. The summed E-state index contributed by atoms with van der Waals surface area (Å²) >= 11 is 0. The number of rotatable bonds is 10. The lowest BCUT2D eigenvalue weighted by Crippen LogP contribution is -2.28. The number of fused-ring (bicyclic) bond motifs is 6. The Morgan fingerprint density at radius 3 is 1.72 bits per heavy atom. The minimum absolute atomic E-state index is 0.393. The van der Waals surface area contributed by atoms with Crippen molar-refractivity contribution < 1.29 is 0 Å². The molecule has 9 aromatic carbocycles. The van der Waals surface area contributed by atoms with Gasteiger partial charge < -0.3 is 10.3 Å². The predicted octanol–water partition coefficient (Wildman–Crippen LogP) is 16.0. The highest BCUT2D eigenvalue weighted by molar-refractivity contribution is 6.14. The van der Waals surface area contributed by atoms with E-state index in [-0.39, 0.29) is 0 Å². The Morgan fingerprint density at radius 1 is 0.500 bits per heavy atom. The van der Waals surface area contributed by atoms with Crippen molar-refractivity contribution in [1.82, 2.24) is 20.4 Å². The molecule has 0 unspecified atom stereocenters. The Morgan fingerprint density at radius 2 is 1.09 bits per heavy atom. The lowest BCUT2D eigenvalue weighted by atomic mass is 9.67. The van der Waals surface area contributed by atoms with E-state index in [1.165, 1.54) is 88.6 Å². The number of nitrogens with zero attached hydrogens (tertiary/aromatic N) is 1. The van der Waals surface area contributed by atoms with Crippen LogP contribution in [0.25, 0.3) is 71.9 Å². The summed E-state index contributed by atoms with van der Waals surface area (Å²) in [6.45, 7) is 2.00. The van der Waals surface area contributed by atoms with Gasteiger partial charge in [-0.3, -0.25) is 5.10 Å². The molecule has 326 valence electrons. The quantitative estimate of drug-likeness (QED) is 0.103. The molecule has 0 bridgehead atoms. The standard InChI is InChI=1S/C33H28N4.C30H21N/c1-2-12-24(32-35-37-36-32)13-11-22-34-27-20-21-29-28-18-9-10-19-30(28)33(31(29)23-27,25-14-5-3-6-15-25)26-16-7-4-8-17-26;1-4-10-21(11-5-1)24-16-17-26-28-19-25(22-12-6-2-7-13-22)18-27(23-14-8-3-9-15-23)30(28)31-29(26)20-24/h2-23,34,37H,1H3,(H,35,36);1-20,31H/b12-2-,22-11+,24-13+;. The van der Waals surface area contributed by atoms with E-state index in [4.69, 9.17) is 0 Å². The molecule has 1 aliphatic carbocycles. The van der Waals surface area contributed by atoms with E-state index in [1.807, 2.05) is 37.4 Å². The Labute approximate surface area is 396 Å². The first-order valence-corrected chi connectivity index (χ1v) is 23.2. The largest absolute Gasteiger partial charge is 0.362 e. The van der Waals surface area contributed by atoms with Crippen molar-refractivity contribution in [2.24, 2.45) is 0 Å². The highest BCUT2D eigenvalue weighted by Gasteiger charge is 2.46. The van der Waals surface area contributed by atoms with E-state index < -0.39 is 5.41 Å². The van der Waals surface area contributed by atoms with Crippen molar-refractivity contribution in [2.75, 3.05) is 5.32 Å². The van der Waals surface area contributed by atoms with Gasteiger partial charge in [0, 0.05) is 39.3 Å². The van der Waals surface area contributed by atoms with E-state index in [0.717, 1.165) is 17.1 Å². The van der Waals surface area contributed by atoms with Gasteiger partial charge in [-0.05, 0) is 111 Å². The van der Waals surface area contributed by atoms with Crippen LogP contribution in [0.3, 0.4) is 0 Å². The van der Waals surface area contributed by atoms with Gasteiger partial charge in [0.1, 0.15) is 0 Å². The zero-order valence-corrected chi connectivity index (χ0v) is 37.7. The number of benzene rings is 9. The van der Waals surface area contributed by atoms with Crippen LogP contribution in [0.5, 0.6) is 0 Å². The predicted molar refractivity (Wildman–Crippen MR) is 284 cm³/mol. The van der Waals surface area contributed by atoms with E-state index in [2.05, 4.69) is 250 Å². The summed E-state index contributed by atoms with van der Waals surface area (Å²) in [5.74, 6) is 0.827. The molecule has 0 aliphatic heterocycles. The van der Waals surface area contributed by atoms with Gasteiger partial charge in [0.15, 0.2) is 5.82 Å². The molecule has 0 fully saturated rings. The van der Waals surface area contributed by atoms with Crippen LogP contribution < -0.4 is 5.32 Å². The molecule has 4 N–H and O–H groups in total. The zero-order chi connectivity index (χ0) is 45.7. The number of anilines is 1. The number of nitrogens with one attached hydrogen (secondary N) is 4. The van der Waals surface area contributed by atoms with Crippen LogP contribution in [0.1, 0.15) is 35.0 Å². The Hall–Kier alpha value is -8.93. The number of aromatic nitrogens is 4. The number of allylic oxidation sites excluding steroid dienone is 5. The molecule has 5 heteroatoms. The maximum absolute atomic E-state index is 4.14. The van der Waals surface area contributed by atoms with Gasteiger partial charge in [-0.25, -0.2) is 5.21 Å². The molecule has 0 saturated heterocycles. The molecule has 0 saturated carbocycles. The van der Waals surface area contributed by atoms with Crippen LogP contribution in [-0.4, -0.2) is 20.4 Å². The Kier molecular flexibility index (Phi) is 11.4. The van der Waals surface area contributed by atoms with Crippen molar-refractivity contribution in [3.8, 4) is 44.5 Å². The van der Waals surface area contributed by atoms with Gasteiger partial charge in [0.25, 0.3) is 0 Å². The first-order valence-electron chi connectivity index (χ1n) is 23.2. The van der Waals surface area contributed by atoms with Crippen molar-refractivity contribution in [3.63, 3.8) is 0 Å². The third-order valence-corrected chi connectivity index (χ3v) is 13.0. The fourth-order valence-corrected chi connectivity index (χ4v) is 9.93. The van der Waals surface area contributed by atoms with Gasteiger partial charge in [0.2, 0.25) is 0 Å². The topological polar surface area (TPSA) is 72.3 Å². The lowest BCUT2D eigenvalue weighted by molar-refractivity contribution is 0.742. The van der Waals surface area contributed by atoms with Crippen LogP contribution in [0.4, 0.5) is 5.69 Å². The molecule has 68 heavy (non-hydrogen) atoms. The molecular weight excluding hydrogens is 827 g/mol. The Balaban J connectivity index is 0.000000151. The summed E-state index contributed by atoms with van der Waals surface area (Å²) in [6, 6.07) is 80.4. The van der Waals surface area contributed by atoms with E-state index >= 15 is 0 Å². The van der Waals surface area contributed by atoms with Crippen molar-refractivity contribution in [3.05, 3.63) is 283 Å². The molecule has 0 atom stereocenters. The molecule has 11 aromatic rings. The van der Waals surface area contributed by atoms with Gasteiger partial charge >= 0.3 is 0 Å². The number of aromatic amines is 3. The fourth-order valence-electron chi connectivity index (χ4n) is 9.93. The molecular formula is C63H49N5. The van der Waals surface area contributed by atoms with Gasteiger partial charge in [-0.15, -0.1) is 5.10 Å². The summed E-state index contributed by atoms with van der Waals surface area (Å²) in [5.41, 5.74) is 19.1. The van der Waals surface area contributed by atoms with Crippen LogP contribution in [-0.2, 0) is 5.41 Å². The van der Waals surface area contributed by atoms with E-state index in [9.17, 15) is 0 Å². The first kappa shape index (κ1) is 41.8. The monoisotopic (exact) mass is 875 g/mol. The normalized spacial score (nSPS) is 12.9. The highest BCUT2D eigenvalue weighted by Crippen LogP contribution is 2.56. The summed E-state index contributed by atoms with van der Waals surface area (Å²) in [4.78, 5) is 3.73. The molecule has 5 nitrogen and oxygen atoms in total. The van der Waals surface area contributed by atoms with Crippen molar-refractivity contribution in [1.29, 1.82) is 0 Å². The third kappa shape index (κ3) is 7.76. The minimum Gasteiger partial charge on any atom is -0.362 e. The molecule has 2 heterocycles. The second kappa shape index (κ2) is 18.5. The number of H-pyrrole nitrogens is 3. The smallest absolute Gasteiger partial charge is 0.174 e. The SMILES string of the molecule is C\C=C/C(=C\C=C\Nc1ccc2c(c1)C(c1ccccc1)(c1ccccc1)c1ccccc1-2)c1n[nH][nH]1.c1ccc(-c2ccc3c(c2)[nH]c2c(-c4ccccc4)cc(-c4ccccc4)cc23)cc1. The molecule has 0 spiro atoms. The van der Waals surface area contributed by atoms with Gasteiger partial charge in [0.05, 0.1) is 10.9 Å². The second-order valence-electron chi connectivity index (χ2n) is 17.0.